The van der Waals surface area contributed by atoms with Gasteiger partial charge in [0.15, 0.2) is 28.8 Å². The van der Waals surface area contributed by atoms with Gasteiger partial charge in [0.1, 0.15) is 54.4 Å². The number of amides is 3. The number of imidazole rings is 3. The zero-order valence-electron chi connectivity index (χ0n) is 44.0. The summed E-state index contributed by atoms with van der Waals surface area (Å²) in [6, 6.07) is 23.2. The van der Waals surface area contributed by atoms with Gasteiger partial charge in [-0.15, -0.1) is 0 Å². The van der Waals surface area contributed by atoms with Gasteiger partial charge in [0.05, 0.1) is 62.3 Å². The second-order valence-corrected chi connectivity index (χ2v) is 21.9. The molecule has 5 aromatic heterocycles. The number of aromatic amines is 2. The number of carbonyl (C=O) groups is 5. The summed E-state index contributed by atoms with van der Waals surface area (Å²) in [6.07, 6.45) is 4.83. The number of nitrogens with one attached hydrogen (secondary N) is 2. The number of hydrogen-bond acceptors (Lipinski definition) is 14. The van der Waals surface area contributed by atoms with Crippen LogP contribution in [-0.2, 0) is 30.6 Å². The molecular weight excluding hydrogens is 1020 g/mol. The van der Waals surface area contributed by atoms with Crippen LogP contribution in [0.3, 0.4) is 0 Å². The fourth-order valence-corrected chi connectivity index (χ4v) is 11.6. The highest BCUT2D eigenvalue weighted by Crippen LogP contribution is 2.53. The van der Waals surface area contributed by atoms with E-state index in [1.54, 1.807) is 104 Å². The molecule has 3 aliphatic heterocycles. The van der Waals surface area contributed by atoms with E-state index in [1.165, 1.54) is 34.8 Å². The van der Waals surface area contributed by atoms with Crippen LogP contribution < -0.4 is 14.7 Å². The summed E-state index contributed by atoms with van der Waals surface area (Å²) in [6.45, 7) is 10.3. The first-order valence-corrected chi connectivity index (χ1v) is 25.9. The smallest absolute Gasteiger partial charge is 0.294 e. The van der Waals surface area contributed by atoms with Crippen LogP contribution >= 0.6 is 0 Å². The van der Waals surface area contributed by atoms with E-state index in [9.17, 15) is 44.4 Å². The highest BCUT2D eigenvalue weighted by atomic mass is 16.4. The number of hydrogen-bond donors (Lipinski definition) is 6. The molecule has 6 N–H and O–H groups in total. The Bertz CT molecular complexity index is 4290. The van der Waals surface area contributed by atoms with Crippen molar-refractivity contribution in [3.05, 3.63) is 184 Å². The summed E-state index contributed by atoms with van der Waals surface area (Å²) >= 11 is 0. The maximum Gasteiger partial charge on any atom is 0.294 e. The van der Waals surface area contributed by atoms with Crippen LogP contribution in [0, 0.1) is 25.2 Å². The number of aliphatic hydroxyl groups excluding tert-OH is 4. The molecule has 4 aliphatic rings. The molecule has 3 amide bonds. The van der Waals surface area contributed by atoms with Gasteiger partial charge < -0.3 is 39.2 Å². The third-order valence-corrected chi connectivity index (χ3v) is 15.8. The number of H-pyrrole nitrogens is 2. The van der Waals surface area contributed by atoms with Crippen molar-refractivity contribution in [3.8, 4) is 5.69 Å². The molecule has 5 unspecified atom stereocenters. The fraction of sp³-hybridized carbons (Fsp3) is 0.233. The molecule has 0 saturated heterocycles. The largest absolute Gasteiger partial charge is 0.503 e. The molecule has 20 nitrogen and oxygen atoms in total. The van der Waals surface area contributed by atoms with Gasteiger partial charge in [0.25, 0.3) is 17.7 Å². The van der Waals surface area contributed by atoms with Gasteiger partial charge in [0, 0.05) is 46.0 Å². The van der Waals surface area contributed by atoms with Crippen molar-refractivity contribution in [1.29, 1.82) is 0 Å². The molecule has 1 fully saturated rings. The van der Waals surface area contributed by atoms with Crippen molar-refractivity contribution in [1.82, 2.24) is 29.5 Å². The van der Waals surface area contributed by atoms with Crippen LogP contribution in [0.2, 0.25) is 0 Å². The van der Waals surface area contributed by atoms with E-state index in [2.05, 4.69) is 19.9 Å². The Morgan fingerprint density at radius 3 is 2.08 bits per heavy atom. The normalized spacial score (nSPS) is 20.7. The number of ketones is 2. The third kappa shape index (κ3) is 7.60. The summed E-state index contributed by atoms with van der Waals surface area (Å²) in [4.78, 5) is 95.1. The van der Waals surface area contributed by atoms with E-state index < -0.39 is 82.8 Å². The highest BCUT2D eigenvalue weighted by Gasteiger charge is 2.54. The van der Waals surface area contributed by atoms with Gasteiger partial charge in [-0.3, -0.25) is 43.2 Å². The van der Waals surface area contributed by atoms with Crippen molar-refractivity contribution in [2.24, 2.45) is 11.3 Å². The Kier molecular flexibility index (Phi) is 11.1. The lowest BCUT2D eigenvalue weighted by atomic mass is 9.83. The molecule has 0 radical (unpaired) electrons. The first-order chi connectivity index (χ1) is 38.3. The lowest BCUT2D eigenvalue weighted by Crippen LogP contribution is -2.32. The summed E-state index contributed by atoms with van der Waals surface area (Å²) in [7, 11) is 0. The number of carbonyl (C=O) groups excluding carboxylic acids is 5. The first-order valence-electron chi connectivity index (χ1n) is 25.9. The quantitative estimate of drug-likeness (QED) is 0.0664. The van der Waals surface area contributed by atoms with Gasteiger partial charge in [0.2, 0.25) is 0 Å². The zero-order chi connectivity index (χ0) is 56.0. The summed E-state index contributed by atoms with van der Waals surface area (Å²) in [5.41, 5.74) is 7.18. The topological polar surface area (TPSA) is 277 Å². The van der Waals surface area contributed by atoms with Crippen molar-refractivity contribution < 1.29 is 53.2 Å². The molecular formula is C60H51N9O11. The highest BCUT2D eigenvalue weighted by molar-refractivity contribution is 6.19. The number of aryl methyl sites for hydroxylation is 2. The molecule has 5 atom stereocenters. The second kappa shape index (κ2) is 17.9. The van der Waals surface area contributed by atoms with Crippen LogP contribution in [0.25, 0.3) is 38.8 Å². The van der Waals surface area contributed by atoms with Crippen LogP contribution in [-0.4, -0.2) is 79.2 Å². The number of furan rings is 2. The minimum atomic E-state index is -1.25. The first kappa shape index (κ1) is 49.7. The lowest BCUT2D eigenvalue weighted by Gasteiger charge is -2.28. The molecule has 4 aromatic carbocycles. The second-order valence-electron chi connectivity index (χ2n) is 21.9. The molecule has 9 aromatic rings. The zero-order valence-corrected chi connectivity index (χ0v) is 44.0. The average molecular weight is 1070 g/mol. The van der Waals surface area contributed by atoms with E-state index >= 15 is 0 Å². The molecule has 8 heterocycles. The number of rotatable bonds is 12. The van der Waals surface area contributed by atoms with E-state index in [4.69, 9.17) is 13.8 Å². The number of Topliss-reactive ketones (excluding diaryl/α,β-unsaturated/α-hetero) is 2. The number of anilines is 3. The van der Waals surface area contributed by atoms with Gasteiger partial charge in [-0.25, -0.2) is 15.0 Å². The van der Waals surface area contributed by atoms with Gasteiger partial charge >= 0.3 is 0 Å². The van der Waals surface area contributed by atoms with Crippen LogP contribution in [0.1, 0.15) is 98.0 Å². The van der Waals surface area contributed by atoms with Gasteiger partial charge in [-0.1, -0.05) is 44.5 Å². The number of benzene rings is 4. The van der Waals surface area contributed by atoms with E-state index in [0.29, 0.717) is 68.0 Å². The minimum Gasteiger partial charge on any atom is -0.503 e. The molecule has 13 rings (SSSR count). The lowest BCUT2D eigenvalue weighted by molar-refractivity contribution is -0.123. The Labute approximate surface area is 454 Å². The fourth-order valence-electron chi connectivity index (χ4n) is 11.6. The Morgan fingerprint density at radius 2 is 1.35 bits per heavy atom. The molecule has 1 aliphatic carbocycles. The van der Waals surface area contributed by atoms with Crippen LogP contribution in [0.15, 0.2) is 153 Å². The van der Waals surface area contributed by atoms with Crippen molar-refractivity contribution in [2.75, 3.05) is 14.7 Å². The number of aliphatic hydroxyl groups is 4. The Hall–Kier alpha value is -9.82. The molecule has 0 spiro atoms. The van der Waals surface area contributed by atoms with Crippen molar-refractivity contribution in [3.63, 3.8) is 0 Å². The standard InChI is InChI=1S/C60H51N9O11/c1-27-7-8-28(2)35(17-27)48-29(3)51(71)57(76)67(48)31-10-14-39-41(19-31)65-56(64-39)37-22-36(37)52(72)46-49(44-16-12-34(23-70)80-44)68(58(77)53(46)73)32-11-15-43-42(20-32)63-26-66(43)33-21-45(79-24-33)50-47(55(75)60(4,5)6)54(74)59(78)69(50)30-9-13-38-40(18-30)62-25-61-38/h7-21,24-26,36-37,48-50,70-71,73-74H,22-23H2,1-6H3,(H,61,62)(H,64,65). The monoisotopic (exact) mass is 1070 g/mol. The van der Waals surface area contributed by atoms with E-state index in [-0.39, 0.29) is 39.9 Å². The van der Waals surface area contributed by atoms with E-state index in [0.717, 1.165) is 16.7 Å². The summed E-state index contributed by atoms with van der Waals surface area (Å²) < 4.78 is 13.9. The maximum atomic E-state index is 14.8. The number of aromatic nitrogens is 6. The molecule has 20 heteroatoms. The van der Waals surface area contributed by atoms with Gasteiger partial charge in [-0.2, -0.15) is 0 Å². The molecule has 402 valence electrons. The van der Waals surface area contributed by atoms with E-state index in [1.807, 2.05) is 32.0 Å². The Balaban J connectivity index is 0.791. The van der Waals surface area contributed by atoms with Crippen LogP contribution in [0.5, 0.6) is 0 Å². The SMILES string of the molecule is CC1=C(O)C(=O)N(c2ccc3nc(C4CC4C(=O)C4=C(O)C(=O)N(c5ccc6c(c5)ncn6-c5coc(C6C(C(=O)C(C)(C)C)=C(O)C(=O)N6c6ccc7nc[nH]c7c6)c5)C4c4ccc(CO)o4)[nH]c3c2)C1c1cc(C)ccc1C. The minimum absolute atomic E-state index is 0.118. The summed E-state index contributed by atoms with van der Waals surface area (Å²) in [5, 5.41) is 44.1. The molecule has 0 bridgehead atoms. The number of fused-ring (bicyclic) bond motifs is 3. The molecule has 1 saturated carbocycles. The Morgan fingerprint density at radius 1 is 0.688 bits per heavy atom. The van der Waals surface area contributed by atoms with Crippen molar-refractivity contribution >= 4 is 79.5 Å². The molecule has 80 heavy (non-hydrogen) atoms. The summed E-state index contributed by atoms with van der Waals surface area (Å²) in [5.74, 6) is -4.99. The van der Waals surface area contributed by atoms with Crippen molar-refractivity contribution in [2.45, 2.75) is 78.6 Å². The predicted molar refractivity (Wildman–Crippen MR) is 292 cm³/mol. The predicted octanol–water partition coefficient (Wildman–Crippen LogP) is 9.78. The maximum absolute atomic E-state index is 14.8. The van der Waals surface area contributed by atoms with Gasteiger partial charge in [-0.05, 0) is 105 Å². The van der Waals surface area contributed by atoms with Crippen LogP contribution in [0.4, 0.5) is 17.1 Å². The average Bonchev–Trinajstić information content (AvgIpc) is 3.93. The third-order valence-electron chi connectivity index (χ3n) is 15.8. The number of nitrogens with zero attached hydrogens (tertiary/aromatic N) is 7.